The second-order valence-corrected chi connectivity index (χ2v) is 10.6. The van der Waals surface area contributed by atoms with Crippen LogP contribution < -0.4 is 9.64 Å². The Kier molecular flexibility index (Phi) is 8.02. The predicted octanol–water partition coefficient (Wildman–Crippen LogP) is 3.31. The molecule has 38 heavy (non-hydrogen) atoms. The molecule has 1 saturated heterocycles. The largest absolute Gasteiger partial charge is 0.490 e. The minimum Gasteiger partial charge on any atom is -0.490 e. The van der Waals surface area contributed by atoms with Gasteiger partial charge >= 0.3 is 0 Å². The summed E-state index contributed by atoms with van der Waals surface area (Å²) in [5.74, 6) is 1.17. The molecule has 0 aromatic heterocycles. The number of fused-ring (bicyclic) bond motifs is 1. The van der Waals surface area contributed by atoms with Crippen LogP contribution in [-0.2, 0) is 17.7 Å². The number of benzene rings is 3. The van der Waals surface area contributed by atoms with Gasteiger partial charge in [-0.05, 0) is 52.3 Å². The SMILES string of the molecule is CC(C)c1ccc(C2O[C@H](CO)[C@@H](O)[C@H](O)[C@H]2O)cc1Cc1ccc2c(c1)N(Cc1ccccc1)CCO2. The Hall–Kier alpha value is -2.94. The second-order valence-electron chi connectivity index (χ2n) is 10.6. The highest BCUT2D eigenvalue weighted by Crippen LogP contribution is 2.37. The number of anilines is 1. The van der Waals surface area contributed by atoms with Crippen LogP contribution in [0.5, 0.6) is 5.75 Å². The molecule has 0 saturated carbocycles. The molecule has 1 unspecified atom stereocenters. The first-order valence-corrected chi connectivity index (χ1v) is 13.3. The van der Waals surface area contributed by atoms with Crippen LogP contribution in [0.2, 0.25) is 0 Å². The first-order valence-electron chi connectivity index (χ1n) is 13.3. The van der Waals surface area contributed by atoms with E-state index >= 15 is 0 Å². The van der Waals surface area contributed by atoms with Gasteiger partial charge in [-0.1, -0.05) is 68.4 Å². The number of ether oxygens (including phenoxy) is 2. The van der Waals surface area contributed by atoms with Crippen LogP contribution in [0.1, 0.15) is 53.7 Å². The molecule has 2 aliphatic rings. The number of nitrogens with zero attached hydrogens (tertiary/aromatic N) is 1. The van der Waals surface area contributed by atoms with Crippen LogP contribution >= 0.6 is 0 Å². The summed E-state index contributed by atoms with van der Waals surface area (Å²) in [5, 5.41) is 40.8. The van der Waals surface area contributed by atoms with E-state index in [4.69, 9.17) is 9.47 Å². The monoisotopic (exact) mass is 519 g/mol. The van der Waals surface area contributed by atoms with Crippen LogP contribution in [0.4, 0.5) is 5.69 Å². The molecule has 7 heteroatoms. The molecular weight excluding hydrogens is 482 g/mol. The molecule has 3 aromatic carbocycles. The van der Waals surface area contributed by atoms with E-state index in [0.717, 1.165) is 35.7 Å². The third-order valence-corrected chi connectivity index (χ3v) is 7.60. The minimum atomic E-state index is -1.41. The first kappa shape index (κ1) is 26.7. The molecule has 0 bridgehead atoms. The lowest BCUT2D eigenvalue weighted by Crippen LogP contribution is -2.55. The van der Waals surface area contributed by atoms with Gasteiger partial charge in [0.2, 0.25) is 0 Å². The molecule has 2 aliphatic heterocycles. The zero-order valence-electron chi connectivity index (χ0n) is 21.9. The Bertz CT molecular complexity index is 1230. The van der Waals surface area contributed by atoms with Crippen LogP contribution in [0.25, 0.3) is 0 Å². The lowest BCUT2D eigenvalue weighted by molar-refractivity contribution is -0.231. The number of aliphatic hydroxyl groups excluding tert-OH is 4. The van der Waals surface area contributed by atoms with Gasteiger partial charge in [0.15, 0.2) is 0 Å². The fourth-order valence-electron chi connectivity index (χ4n) is 5.51. The summed E-state index contributed by atoms with van der Waals surface area (Å²) >= 11 is 0. The van der Waals surface area contributed by atoms with Crippen molar-refractivity contribution in [3.8, 4) is 5.75 Å². The molecule has 2 heterocycles. The lowest BCUT2D eigenvalue weighted by Gasteiger charge is -2.40. The second kappa shape index (κ2) is 11.4. The molecule has 0 spiro atoms. The van der Waals surface area contributed by atoms with Crippen molar-refractivity contribution in [3.63, 3.8) is 0 Å². The van der Waals surface area contributed by atoms with Gasteiger partial charge in [-0.15, -0.1) is 0 Å². The summed E-state index contributed by atoms with van der Waals surface area (Å²) in [6.07, 6.45) is -5.22. The van der Waals surface area contributed by atoms with E-state index in [1.807, 2.05) is 30.3 Å². The Morgan fingerprint density at radius 1 is 0.895 bits per heavy atom. The van der Waals surface area contributed by atoms with E-state index in [9.17, 15) is 20.4 Å². The average molecular weight is 520 g/mol. The summed E-state index contributed by atoms with van der Waals surface area (Å²) in [6.45, 7) is 6.12. The van der Waals surface area contributed by atoms with Crippen molar-refractivity contribution in [2.24, 2.45) is 0 Å². The Morgan fingerprint density at radius 2 is 1.68 bits per heavy atom. The van der Waals surface area contributed by atoms with Gasteiger partial charge in [0.1, 0.15) is 42.9 Å². The normalized spacial score (nSPS) is 25.2. The molecule has 3 aromatic rings. The number of rotatable bonds is 7. The third kappa shape index (κ3) is 5.44. The van der Waals surface area contributed by atoms with Crippen molar-refractivity contribution in [2.45, 2.75) is 63.3 Å². The van der Waals surface area contributed by atoms with Gasteiger partial charge < -0.3 is 34.8 Å². The van der Waals surface area contributed by atoms with E-state index < -0.39 is 37.1 Å². The summed E-state index contributed by atoms with van der Waals surface area (Å²) in [4.78, 5) is 2.35. The van der Waals surface area contributed by atoms with Gasteiger partial charge in [-0.25, -0.2) is 0 Å². The first-order chi connectivity index (χ1) is 18.4. The summed E-state index contributed by atoms with van der Waals surface area (Å²) in [6, 6.07) is 22.7. The van der Waals surface area contributed by atoms with E-state index in [0.29, 0.717) is 18.6 Å². The highest BCUT2D eigenvalue weighted by Gasteiger charge is 2.44. The van der Waals surface area contributed by atoms with Crippen molar-refractivity contribution in [1.29, 1.82) is 0 Å². The van der Waals surface area contributed by atoms with Crippen molar-refractivity contribution in [3.05, 3.63) is 94.5 Å². The van der Waals surface area contributed by atoms with Gasteiger partial charge in [0.25, 0.3) is 0 Å². The molecule has 202 valence electrons. The Labute approximate surface area is 223 Å². The molecule has 0 radical (unpaired) electrons. The fraction of sp³-hybridized carbons (Fsp3) is 0.419. The van der Waals surface area contributed by atoms with Crippen molar-refractivity contribution >= 4 is 5.69 Å². The Balaban J connectivity index is 1.44. The molecule has 0 aliphatic carbocycles. The zero-order chi connectivity index (χ0) is 26.8. The minimum absolute atomic E-state index is 0.282. The molecular formula is C31H37NO6. The van der Waals surface area contributed by atoms with E-state index in [-0.39, 0.29) is 5.92 Å². The third-order valence-electron chi connectivity index (χ3n) is 7.60. The molecule has 1 fully saturated rings. The maximum Gasteiger partial charge on any atom is 0.142 e. The summed E-state index contributed by atoms with van der Waals surface area (Å²) in [5.41, 5.74) is 6.46. The van der Waals surface area contributed by atoms with Crippen LogP contribution in [0, 0.1) is 0 Å². The van der Waals surface area contributed by atoms with Gasteiger partial charge in [-0.3, -0.25) is 0 Å². The number of aliphatic hydroxyl groups is 4. The maximum absolute atomic E-state index is 10.7. The van der Waals surface area contributed by atoms with Gasteiger partial charge in [0, 0.05) is 6.54 Å². The number of hydrogen-bond donors (Lipinski definition) is 4. The zero-order valence-corrected chi connectivity index (χ0v) is 21.9. The van der Waals surface area contributed by atoms with Crippen molar-refractivity contribution < 1.29 is 29.9 Å². The number of hydrogen-bond acceptors (Lipinski definition) is 7. The summed E-state index contributed by atoms with van der Waals surface area (Å²) in [7, 11) is 0. The topological polar surface area (TPSA) is 103 Å². The summed E-state index contributed by atoms with van der Waals surface area (Å²) < 4.78 is 11.8. The predicted molar refractivity (Wildman–Crippen MR) is 145 cm³/mol. The Morgan fingerprint density at radius 3 is 2.42 bits per heavy atom. The highest BCUT2D eigenvalue weighted by molar-refractivity contribution is 5.62. The van der Waals surface area contributed by atoms with Crippen molar-refractivity contribution in [1.82, 2.24) is 0 Å². The molecule has 7 nitrogen and oxygen atoms in total. The quantitative estimate of drug-likeness (QED) is 0.380. The average Bonchev–Trinajstić information content (AvgIpc) is 2.93. The smallest absolute Gasteiger partial charge is 0.142 e. The van der Waals surface area contributed by atoms with Crippen LogP contribution in [0.15, 0.2) is 66.7 Å². The molecule has 5 atom stereocenters. The van der Waals surface area contributed by atoms with Crippen molar-refractivity contribution in [2.75, 3.05) is 24.7 Å². The van der Waals surface area contributed by atoms with E-state index in [2.05, 4.69) is 55.1 Å². The van der Waals surface area contributed by atoms with E-state index in [1.54, 1.807) is 0 Å². The molecule has 5 rings (SSSR count). The fourth-order valence-corrected chi connectivity index (χ4v) is 5.51. The maximum atomic E-state index is 10.7. The molecule has 0 amide bonds. The van der Waals surface area contributed by atoms with Crippen LogP contribution in [-0.4, -0.2) is 64.6 Å². The van der Waals surface area contributed by atoms with Crippen LogP contribution in [0.3, 0.4) is 0 Å². The molecule has 4 N–H and O–H groups in total. The van der Waals surface area contributed by atoms with Gasteiger partial charge in [-0.2, -0.15) is 0 Å². The highest BCUT2D eigenvalue weighted by atomic mass is 16.5. The standard InChI is InChI=1S/C31H37NO6/c1-19(2)24-10-9-22(31-30(36)29(35)28(34)27(18-33)38-31)16-23(24)14-21-8-11-26-25(15-21)32(12-13-37-26)17-20-6-4-3-5-7-20/h3-11,15-16,19,27-31,33-36H,12-14,17-18H2,1-2H3/t27-,28-,29+,30-,31?/m1/s1. The van der Waals surface area contributed by atoms with E-state index in [1.165, 1.54) is 11.1 Å². The lowest BCUT2D eigenvalue weighted by atomic mass is 9.86. The van der Waals surface area contributed by atoms with Gasteiger partial charge in [0.05, 0.1) is 18.8 Å².